The van der Waals surface area contributed by atoms with Crippen molar-refractivity contribution in [3.05, 3.63) is 35.9 Å². The fourth-order valence-electron chi connectivity index (χ4n) is 3.18. The molecule has 24 heavy (non-hydrogen) atoms. The SMILES string of the molecule is CCCCCCCCCCCCCCCCC(=O)c1[c]cccc1. The first-order valence-electron chi connectivity index (χ1n) is 10.3. The van der Waals surface area contributed by atoms with E-state index in [2.05, 4.69) is 13.0 Å². The van der Waals surface area contributed by atoms with E-state index < -0.39 is 0 Å². The molecule has 0 aliphatic heterocycles. The van der Waals surface area contributed by atoms with Crippen molar-refractivity contribution in [2.24, 2.45) is 0 Å². The minimum Gasteiger partial charge on any atom is -0.294 e. The standard InChI is InChI=1S/C23H37O/c1-2-3-4-5-6-7-8-9-10-11-12-13-14-18-21-23(24)22-19-16-15-17-20-22/h15-17,19H,2-14,18,21H2,1H3. The number of carbonyl (C=O) groups is 1. The van der Waals surface area contributed by atoms with E-state index in [4.69, 9.17) is 0 Å². The lowest BCUT2D eigenvalue weighted by Crippen LogP contribution is -1.98. The number of carbonyl (C=O) groups excluding carboxylic acids is 1. The number of hydrogen-bond donors (Lipinski definition) is 0. The van der Waals surface area contributed by atoms with E-state index in [1.54, 1.807) is 0 Å². The molecule has 0 saturated heterocycles. The lowest BCUT2D eigenvalue weighted by molar-refractivity contribution is 0.0979. The molecule has 0 N–H and O–H groups in total. The average molecular weight is 330 g/mol. The molecule has 1 aromatic rings. The Hall–Kier alpha value is -1.11. The van der Waals surface area contributed by atoms with Gasteiger partial charge in [0.1, 0.15) is 0 Å². The first-order chi connectivity index (χ1) is 11.8. The van der Waals surface area contributed by atoms with Crippen LogP contribution in [0.1, 0.15) is 114 Å². The van der Waals surface area contributed by atoms with Crippen LogP contribution in [-0.4, -0.2) is 5.78 Å². The maximum absolute atomic E-state index is 11.9. The van der Waals surface area contributed by atoms with E-state index in [1.807, 2.05) is 24.3 Å². The van der Waals surface area contributed by atoms with Gasteiger partial charge in [0.25, 0.3) is 0 Å². The van der Waals surface area contributed by atoms with Crippen molar-refractivity contribution in [1.82, 2.24) is 0 Å². The summed E-state index contributed by atoms with van der Waals surface area (Å²) in [6.45, 7) is 2.28. The summed E-state index contributed by atoms with van der Waals surface area (Å²) < 4.78 is 0. The summed E-state index contributed by atoms with van der Waals surface area (Å²) in [5, 5.41) is 0. The topological polar surface area (TPSA) is 17.1 Å². The second kappa shape index (κ2) is 15.4. The monoisotopic (exact) mass is 329 g/mol. The summed E-state index contributed by atoms with van der Waals surface area (Å²) in [4.78, 5) is 11.9. The summed E-state index contributed by atoms with van der Waals surface area (Å²) in [5.41, 5.74) is 0.743. The van der Waals surface area contributed by atoms with Crippen LogP contribution in [0, 0.1) is 6.07 Å². The Kier molecular flexibility index (Phi) is 13.4. The molecular formula is C23H37O. The number of unbranched alkanes of at least 4 members (excludes halogenated alkanes) is 13. The quantitative estimate of drug-likeness (QED) is 0.226. The van der Waals surface area contributed by atoms with E-state index in [0.29, 0.717) is 6.42 Å². The van der Waals surface area contributed by atoms with Crippen molar-refractivity contribution in [3.63, 3.8) is 0 Å². The van der Waals surface area contributed by atoms with Crippen LogP contribution < -0.4 is 0 Å². The van der Waals surface area contributed by atoms with Crippen molar-refractivity contribution < 1.29 is 4.79 Å². The fraction of sp³-hybridized carbons (Fsp3) is 0.696. The molecule has 1 rings (SSSR count). The van der Waals surface area contributed by atoms with Crippen LogP contribution in [0.3, 0.4) is 0 Å². The van der Waals surface area contributed by atoms with E-state index >= 15 is 0 Å². The minimum atomic E-state index is 0.245. The highest BCUT2D eigenvalue weighted by atomic mass is 16.1. The van der Waals surface area contributed by atoms with E-state index in [1.165, 1.54) is 83.5 Å². The Morgan fingerprint density at radius 1 is 0.750 bits per heavy atom. The molecule has 0 unspecified atom stereocenters. The van der Waals surface area contributed by atoms with Crippen LogP contribution in [-0.2, 0) is 0 Å². The van der Waals surface area contributed by atoms with Gasteiger partial charge in [0.15, 0.2) is 5.78 Å². The zero-order chi connectivity index (χ0) is 17.3. The lowest BCUT2D eigenvalue weighted by atomic mass is 10.0. The number of ketones is 1. The largest absolute Gasteiger partial charge is 0.294 e. The third-order valence-electron chi connectivity index (χ3n) is 4.77. The predicted molar refractivity (Wildman–Crippen MR) is 105 cm³/mol. The molecule has 1 heteroatoms. The summed E-state index contributed by atoms with van der Waals surface area (Å²) in [6.07, 6.45) is 19.6. The normalized spacial score (nSPS) is 10.9. The number of rotatable bonds is 16. The number of benzene rings is 1. The molecule has 0 aliphatic carbocycles. The molecule has 0 amide bonds. The highest BCUT2D eigenvalue weighted by molar-refractivity contribution is 5.95. The second-order valence-electron chi connectivity index (χ2n) is 7.05. The highest BCUT2D eigenvalue weighted by Gasteiger charge is 2.04. The zero-order valence-corrected chi connectivity index (χ0v) is 15.8. The second-order valence-corrected chi connectivity index (χ2v) is 7.05. The highest BCUT2D eigenvalue weighted by Crippen LogP contribution is 2.14. The molecule has 0 bridgehead atoms. The molecule has 0 atom stereocenters. The molecule has 1 nitrogen and oxygen atoms in total. The van der Waals surface area contributed by atoms with Crippen LogP contribution in [0.15, 0.2) is 24.3 Å². The van der Waals surface area contributed by atoms with Gasteiger partial charge in [-0.1, -0.05) is 115 Å². The predicted octanol–water partition coefficient (Wildman–Crippen LogP) is 7.54. The van der Waals surface area contributed by atoms with Crippen LogP contribution >= 0.6 is 0 Å². The Bertz CT molecular complexity index is 396. The molecule has 1 radical (unpaired) electrons. The van der Waals surface area contributed by atoms with E-state index in [9.17, 15) is 4.79 Å². The summed E-state index contributed by atoms with van der Waals surface area (Å²) in [6, 6.07) is 10.5. The third-order valence-corrected chi connectivity index (χ3v) is 4.77. The summed E-state index contributed by atoms with van der Waals surface area (Å²) >= 11 is 0. The Morgan fingerprint density at radius 3 is 1.71 bits per heavy atom. The summed E-state index contributed by atoms with van der Waals surface area (Å²) in [7, 11) is 0. The van der Waals surface area contributed by atoms with E-state index in [0.717, 1.165) is 12.0 Å². The minimum absolute atomic E-state index is 0.245. The lowest BCUT2D eigenvalue weighted by Gasteiger charge is -2.03. The molecule has 1 aromatic carbocycles. The maximum Gasteiger partial charge on any atom is 0.163 e. The van der Waals surface area contributed by atoms with Gasteiger partial charge in [0.2, 0.25) is 0 Å². The van der Waals surface area contributed by atoms with Gasteiger partial charge in [-0.3, -0.25) is 4.79 Å². The Morgan fingerprint density at radius 2 is 1.25 bits per heavy atom. The van der Waals surface area contributed by atoms with Gasteiger partial charge >= 0.3 is 0 Å². The molecule has 0 aliphatic rings. The van der Waals surface area contributed by atoms with Crippen molar-refractivity contribution in [3.8, 4) is 0 Å². The molecule has 0 heterocycles. The van der Waals surface area contributed by atoms with Crippen LogP contribution in [0.25, 0.3) is 0 Å². The van der Waals surface area contributed by atoms with Gasteiger partial charge < -0.3 is 0 Å². The van der Waals surface area contributed by atoms with Crippen LogP contribution in [0.5, 0.6) is 0 Å². The first-order valence-corrected chi connectivity index (χ1v) is 10.3. The zero-order valence-electron chi connectivity index (χ0n) is 15.8. The van der Waals surface area contributed by atoms with Gasteiger partial charge in [-0.05, 0) is 12.5 Å². The Labute approximate surface area is 150 Å². The van der Waals surface area contributed by atoms with Crippen molar-refractivity contribution in [2.45, 2.75) is 103 Å². The van der Waals surface area contributed by atoms with Gasteiger partial charge in [-0.25, -0.2) is 0 Å². The molecule has 0 spiro atoms. The Balaban J connectivity index is 1.80. The molecule has 0 aromatic heterocycles. The van der Waals surface area contributed by atoms with Gasteiger partial charge in [0.05, 0.1) is 0 Å². The fourth-order valence-corrected chi connectivity index (χ4v) is 3.18. The molecular weight excluding hydrogens is 292 g/mol. The van der Waals surface area contributed by atoms with Gasteiger partial charge in [-0.2, -0.15) is 0 Å². The first kappa shape index (κ1) is 20.9. The maximum atomic E-state index is 11.9. The summed E-state index contributed by atoms with van der Waals surface area (Å²) in [5.74, 6) is 0.245. The van der Waals surface area contributed by atoms with Gasteiger partial charge in [0, 0.05) is 12.0 Å². The number of hydrogen-bond acceptors (Lipinski definition) is 1. The molecule has 0 fully saturated rings. The third kappa shape index (κ3) is 11.4. The van der Waals surface area contributed by atoms with E-state index in [-0.39, 0.29) is 5.78 Å². The van der Waals surface area contributed by atoms with Crippen LogP contribution in [0.4, 0.5) is 0 Å². The van der Waals surface area contributed by atoms with Crippen molar-refractivity contribution >= 4 is 5.78 Å². The van der Waals surface area contributed by atoms with Crippen molar-refractivity contribution in [1.29, 1.82) is 0 Å². The molecule has 135 valence electrons. The van der Waals surface area contributed by atoms with Gasteiger partial charge in [-0.15, -0.1) is 0 Å². The smallest absolute Gasteiger partial charge is 0.163 e. The molecule has 0 saturated carbocycles. The number of Topliss-reactive ketones (excluding diaryl/α,β-unsaturated/α-hetero) is 1. The van der Waals surface area contributed by atoms with Crippen molar-refractivity contribution in [2.75, 3.05) is 0 Å². The van der Waals surface area contributed by atoms with Crippen LogP contribution in [0.2, 0.25) is 0 Å². The average Bonchev–Trinajstić information content (AvgIpc) is 2.62.